The fraction of sp³-hybridized carbons (Fsp3) is 0.882. The first kappa shape index (κ1) is 91.5. The Balaban J connectivity index is -0.00000106. The summed E-state index contributed by atoms with van der Waals surface area (Å²) >= 11 is 0. The second kappa shape index (κ2) is 51.6. The highest BCUT2D eigenvalue weighted by Gasteiger charge is 2.30. The third-order valence-corrected chi connectivity index (χ3v) is 22.3. The molecule has 1 aliphatic heterocycles. The Bertz CT molecular complexity index is 1950. The van der Waals surface area contributed by atoms with Gasteiger partial charge in [-0.15, -0.1) is 12.4 Å². The second-order valence-electron chi connectivity index (χ2n) is 30.0. The molecular weight excluding hydrogens is 1160 g/mol. The first-order chi connectivity index (χ1) is 40.0. The minimum absolute atomic E-state index is 0. The zero-order valence-corrected chi connectivity index (χ0v) is 59.3. The lowest BCUT2D eigenvalue weighted by molar-refractivity contribution is -0.124. The van der Waals surface area contributed by atoms with E-state index in [1.54, 1.807) is 12.1 Å². The number of amides is 1. The summed E-state index contributed by atoms with van der Waals surface area (Å²) in [7, 11) is -2.02. The molecule has 1 aromatic carbocycles. The number of nitrogens with one attached hydrogen (secondary N) is 3. The van der Waals surface area contributed by atoms with Crippen LogP contribution in [-0.4, -0.2) is 65.6 Å². The quantitative estimate of drug-likeness (QED) is 0.0555. The summed E-state index contributed by atoms with van der Waals surface area (Å²) in [5, 5.41) is 16.3. The number of rotatable bonds is 18. The van der Waals surface area contributed by atoms with Gasteiger partial charge >= 0.3 is 0 Å². The fourth-order valence-corrected chi connectivity index (χ4v) is 14.7. The number of aldehydes is 1. The average molecular weight is 1310 g/mol. The number of halogens is 1. The first-order valence-electron chi connectivity index (χ1n) is 35.1. The van der Waals surface area contributed by atoms with Crippen molar-refractivity contribution in [2.75, 3.05) is 0 Å². The molecule has 6 N–H and O–H groups in total. The van der Waals surface area contributed by atoms with E-state index in [0.717, 1.165) is 66.3 Å². The molecule has 0 aromatic heterocycles. The number of phenolic OH excluding ortho intramolecular Hbond substituents is 1. The van der Waals surface area contributed by atoms with Gasteiger partial charge in [-0.3, -0.25) is 4.79 Å². The van der Waals surface area contributed by atoms with Gasteiger partial charge in [-0.1, -0.05) is 270 Å². The van der Waals surface area contributed by atoms with Crippen LogP contribution in [0.4, 0.5) is 0 Å². The molecule has 13 heteroatoms. The summed E-state index contributed by atoms with van der Waals surface area (Å²) in [6, 6.07) is 6.35. The third kappa shape index (κ3) is 41.0. The van der Waals surface area contributed by atoms with Crippen LogP contribution in [0.3, 0.4) is 0 Å². The molecule has 0 spiro atoms. The molecule has 6 aliphatic rings. The van der Waals surface area contributed by atoms with E-state index in [0.29, 0.717) is 42.8 Å². The van der Waals surface area contributed by atoms with Crippen LogP contribution >= 0.6 is 12.4 Å². The topological polar surface area (TPSA) is 163 Å². The van der Waals surface area contributed by atoms with Crippen molar-refractivity contribution in [3.63, 3.8) is 0 Å². The van der Waals surface area contributed by atoms with Gasteiger partial charge in [0.25, 0.3) is 0 Å². The number of carbonyl (C=O) groups is 2. The molecule has 5 fully saturated rings. The third-order valence-electron chi connectivity index (χ3n) is 19.3. The molecule has 5 aliphatic carbocycles. The number of hydrogen-bond donors (Lipinski definition) is 5. The Labute approximate surface area is 564 Å². The van der Waals surface area contributed by atoms with Gasteiger partial charge in [-0.05, 0) is 144 Å². The van der Waals surface area contributed by atoms with E-state index < -0.39 is 22.0 Å². The van der Waals surface area contributed by atoms with Crippen molar-refractivity contribution in [1.82, 2.24) is 15.4 Å². The Morgan fingerprint density at radius 1 is 0.573 bits per heavy atom. The summed E-state index contributed by atoms with van der Waals surface area (Å²) in [5.41, 5.74) is 8.35. The predicted octanol–water partition coefficient (Wildman–Crippen LogP) is 21.1. The van der Waals surface area contributed by atoms with Crippen LogP contribution in [0.2, 0.25) is 0 Å². The van der Waals surface area contributed by atoms with Crippen molar-refractivity contribution < 1.29 is 23.1 Å². The van der Waals surface area contributed by atoms with Gasteiger partial charge in [0.1, 0.15) is 23.0 Å². The highest BCUT2D eigenvalue weighted by molar-refractivity contribution is 7.85. The number of benzene rings is 1. The Hall–Kier alpha value is -1.70. The van der Waals surface area contributed by atoms with E-state index in [1.807, 2.05) is 53.8 Å². The van der Waals surface area contributed by atoms with Gasteiger partial charge in [0.05, 0.1) is 26.5 Å². The van der Waals surface area contributed by atoms with E-state index in [4.69, 9.17) is 5.73 Å². The average Bonchev–Trinajstić information content (AvgIpc) is 1.72. The van der Waals surface area contributed by atoms with Gasteiger partial charge in [0, 0.05) is 37.3 Å². The van der Waals surface area contributed by atoms with Crippen LogP contribution < -0.4 is 21.1 Å². The lowest BCUT2D eigenvalue weighted by Crippen LogP contribution is -2.51. The molecule has 1 heterocycles. The number of fused-ring (bicyclic) bond motifs is 1. The zero-order valence-electron chi connectivity index (χ0n) is 56.8. The normalized spacial score (nSPS) is 21.1. The maximum Gasteiger partial charge on any atom is 0.237 e. The maximum absolute atomic E-state index is 12.9. The van der Waals surface area contributed by atoms with Gasteiger partial charge < -0.3 is 26.3 Å². The molecule has 6 atom stereocenters. The summed E-state index contributed by atoms with van der Waals surface area (Å²) in [6.45, 7) is 26.0. The molecule has 0 saturated heterocycles. The highest BCUT2D eigenvalue weighted by atomic mass is 35.5. The molecule has 7 rings (SSSR count). The van der Waals surface area contributed by atoms with Crippen molar-refractivity contribution in [3.8, 4) is 5.75 Å². The molecule has 5 saturated carbocycles. The lowest BCUT2D eigenvalue weighted by atomic mass is 9.87. The zero-order chi connectivity index (χ0) is 61.9. The Morgan fingerprint density at radius 2 is 0.955 bits per heavy atom. The standard InChI is InChI=1S/C22H34N2O2.C16H33NOS.C13H25NOS.C12H25N.C9H16O.4CH4.ClH/c1-15(2)20(11-16-7-5-3-4-6-8-16)24-22(26)21-13-17-9-10-19(25)12-18(17)14-23-21;1-13(2)15(17-19(18)16(3,4)5)12-14-10-8-6-7-9-11-14;1-13(2,3)16(15)14-11-10-12-8-6-4-5-7-9-12;1-10(2)12(13)9-11-7-5-3-4-6-8-11;10-8-7-9-5-3-1-2-4-6-9;;;;;/h9-10,12,15-16,20-21,23,25H,3-8,11,13-14H2,1-2H3,(H,24,26);13-15,17H,6-12H2,1-5H3;11-12H,4-10H2,1-3H3;10-12H,3-9,13H2,1-2H3;8-9H,1-7H2;4*1H4;1H/t20-,21-;15-,19-;16-;12-;;;;;;/m1111....../s1. The fourth-order valence-electron chi connectivity index (χ4n) is 13.2. The van der Waals surface area contributed by atoms with E-state index in [1.165, 1.54) is 205 Å². The number of carbonyl (C=O) groups excluding carboxylic acids is 2. The molecular formula is C76H150ClN5O5S2. The van der Waals surface area contributed by atoms with Gasteiger partial charge in [-0.2, -0.15) is 4.40 Å². The summed E-state index contributed by atoms with van der Waals surface area (Å²) in [6.07, 6.45) is 50.3. The highest BCUT2D eigenvalue weighted by Crippen LogP contribution is 2.32. The largest absolute Gasteiger partial charge is 0.508 e. The summed E-state index contributed by atoms with van der Waals surface area (Å²) in [4.78, 5) is 23.1. The smallest absolute Gasteiger partial charge is 0.237 e. The minimum atomic E-state index is -1.08. The van der Waals surface area contributed by atoms with Crippen molar-refractivity contribution in [1.29, 1.82) is 0 Å². The summed E-state index contributed by atoms with van der Waals surface area (Å²) in [5.74, 6) is 6.09. The SMILES string of the molecule is C.C.C.C.CC(C)(C)[S@@](=O)N=CCC1CCCCCC1.CC(C)[C@@H](CC1CCCCCC1)NC(=O)[C@H]1Cc2ccc(O)cc2CN1.CC(C)[C@@H](CC1CCCCCC1)N[S@](=O)C(C)(C)C.CC(C)[C@H](N)CC1CCCCCC1.Cl.O=CCC1CCCCCC1. The molecule has 0 unspecified atom stereocenters. The van der Waals surface area contributed by atoms with Gasteiger partial charge in [0.2, 0.25) is 5.91 Å². The van der Waals surface area contributed by atoms with E-state index in [-0.39, 0.29) is 75.3 Å². The van der Waals surface area contributed by atoms with Gasteiger partial charge in [-0.25, -0.2) is 13.1 Å². The van der Waals surface area contributed by atoms with E-state index in [2.05, 4.69) is 61.3 Å². The van der Waals surface area contributed by atoms with Crippen LogP contribution in [0, 0.1) is 47.3 Å². The van der Waals surface area contributed by atoms with E-state index >= 15 is 0 Å². The molecule has 1 amide bonds. The molecule has 0 bridgehead atoms. The number of nitrogens with two attached hydrogens (primary N) is 1. The van der Waals surface area contributed by atoms with Crippen LogP contribution in [0.1, 0.15) is 349 Å². The molecule has 89 heavy (non-hydrogen) atoms. The van der Waals surface area contributed by atoms with Crippen LogP contribution in [0.15, 0.2) is 22.6 Å². The molecule has 528 valence electrons. The Morgan fingerprint density at radius 3 is 1.33 bits per heavy atom. The number of nitrogens with zero attached hydrogens (tertiary/aromatic N) is 1. The summed E-state index contributed by atoms with van der Waals surface area (Å²) < 4.78 is 31.1. The maximum atomic E-state index is 12.9. The van der Waals surface area contributed by atoms with Crippen LogP contribution in [-0.2, 0) is 44.5 Å². The van der Waals surface area contributed by atoms with Crippen molar-refractivity contribution in [3.05, 3.63) is 29.3 Å². The van der Waals surface area contributed by atoms with Crippen molar-refractivity contribution in [2.45, 2.75) is 384 Å². The number of hydrogen-bond acceptors (Lipinski definition) is 7. The van der Waals surface area contributed by atoms with Crippen molar-refractivity contribution >= 4 is 52.8 Å². The predicted molar refractivity (Wildman–Crippen MR) is 397 cm³/mol. The molecule has 0 radical (unpaired) electrons. The van der Waals surface area contributed by atoms with Crippen LogP contribution in [0.5, 0.6) is 5.75 Å². The van der Waals surface area contributed by atoms with Crippen LogP contribution in [0.25, 0.3) is 0 Å². The second-order valence-corrected chi connectivity index (χ2v) is 33.9. The molecule has 1 aromatic rings. The number of phenols is 1. The van der Waals surface area contributed by atoms with Crippen molar-refractivity contribution in [2.24, 2.45) is 57.5 Å². The first-order valence-corrected chi connectivity index (χ1v) is 37.4. The lowest BCUT2D eigenvalue weighted by Gasteiger charge is -2.31. The minimum Gasteiger partial charge on any atom is -0.508 e. The monoisotopic (exact) mass is 1310 g/mol. The van der Waals surface area contributed by atoms with E-state index in [9.17, 15) is 23.1 Å². The number of aromatic hydroxyl groups is 1. The molecule has 10 nitrogen and oxygen atoms in total. The van der Waals surface area contributed by atoms with Gasteiger partial charge in [0.15, 0.2) is 0 Å². The Kier molecular flexibility index (Phi) is 53.1.